The molecule has 16 heavy (non-hydrogen) atoms. The summed E-state index contributed by atoms with van der Waals surface area (Å²) in [6.45, 7) is 0.539. The lowest BCUT2D eigenvalue weighted by atomic mass is 10.3. The third kappa shape index (κ3) is 4.14. The molecule has 0 bridgehead atoms. The molecular weight excluding hydrogens is 232 g/mol. The summed E-state index contributed by atoms with van der Waals surface area (Å²) in [6, 6.07) is 2.40. The van der Waals surface area contributed by atoms with Crippen LogP contribution in [0.4, 0.5) is 4.79 Å². The van der Waals surface area contributed by atoms with Crippen molar-refractivity contribution < 1.29 is 9.59 Å². The Labute approximate surface area is 97.2 Å². The first-order chi connectivity index (χ1) is 7.59. The lowest BCUT2D eigenvalue weighted by Gasteiger charge is -2.04. The number of amides is 3. The molecule has 7 heteroatoms. The van der Waals surface area contributed by atoms with Crippen LogP contribution in [-0.2, 0) is 0 Å². The molecule has 0 spiro atoms. The average molecular weight is 243 g/mol. The van der Waals surface area contributed by atoms with Crippen LogP contribution in [0.2, 0.25) is 5.02 Å². The molecule has 0 fully saturated rings. The second-order valence-corrected chi connectivity index (χ2v) is 3.34. The Kier molecular flexibility index (Phi) is 4.53. The number of halogens is 1. The second kappa shape index (κ2) is 5.92. The number of nitrogens with one attached hydrogen (secondary N) is 2. The number of hydrogen-bond acceptors (Lipinski definition) is 3. The Morgan fingerprint density at radius 1 is 1.38 bits per heavy atom. The Bertz CT molecular complexity index is 397. The first-order valence-electron chi connectivity index (χ1n) is 4.52. The quantitative estimate of drug-likeness (QED) is 0.655. The normalized spacial score (nSPS) is 9.56. The lowest BCUT2D eigenvalue weighted by molar-refractivity contribution is 0.0949. The van der Waals surface area contributed by atoms with Crippen LogP contribution >= 0.6 is 11.6 Å². The summed E-state index contributed by atoms with van der Waals surface area (Å²) in [7, 11) is 0. The maximum absolute atomic E-state index is 11.5. The van der Waals surface area contributed by atoms with Crippen LogP contribution in [0.3, 0.4) is 0 Å². The molecule has 0 unspecified atom stereocenters. The number of aromatic nitrogens is 1. The highest BCUT2D eigenvalue weighted by molar-refractivity contribution is 6.30. The smallest absolute Gasteiger partial charge is 0.312 e. The van der Waals surface area contributed by atoms with Crippen molar-refractivity contribution in [1.82, 2.24) is 15.6 Å². The van der Waals surface area contributed by atoms with Crippen LogP contribution in [0, 0.1) is 0 Å². The highest BCUT2D eigenvalue weighted by Gasteiger charge is 2.06. The Morgan fingerprint density at radius 3 is 2.69 bits per heavy atom. The number of hydrogen-bond donors (Lipinski definition) is 3. The number of nitrogens with zero attached hydrogens (tertiary/aromatic N) is 1. The molecule has 0 aliphatic rings. The topological polar surface area (TPSA) is 97.1 Å². The van der Waals surface area contributed by atoms with Gasteiger partial charge < -0.3 is 16.4 Å². The Balaban J connectivity index is 2.38. The molecule has 1 aromatic heterocycles. The SMILES string of the molecule is NC(=O)NCCNC(=O)c1cc(Cl)ccn1. The third-order valence-corrected chi connectivity index (χ3v) is 1.90. The van der Waals surface area contributed by atoms with Gasteiger partial charge >= 0.3 is 6.03 Å². The lowest BCUT2D eigenvalue weighted by Crippen LogP contribution is -2.37. The molecule has 1 rings (SSSR count). The minimum atomic E-state index is -0.630. The van der Waals surface area contributed by atoms with E-state index < -0.39 is 6.03 Å². The second-order valence-electron chi connectivity index (χ2n) is 2.91. The fraction of sp³-hybridized carbons (Fsp3) is 0.222. The molecule has 0 saturated carbocycles. The van der Waals surface area contributed by atoms with Gasteiger partial charge in [-0.1, -0.05) is 11.6 Å². The van der Waals surface area contributed by atoms with E-state index in [0.717, 1.165) is 0 Å². The van der Waals surface area contributed by atoms with Crippen LogP contribution in [0.5, 0.6) is 0 Å². The van der Waals surface area contributed by atoms with E-state index in [1.165, 1.54) is 12.3 Å². The summed E-state index contributed by atoms with van der Waals surface area (Å²) in [4.78, 5) is 25.6. The molecular formula is C9H11ClN4O2. The molecule has 3 amide bonds. The van der Waals surface area contributed by atoms with Gasteiger partial charge in [-0.3, -0.25) is 9.78 Å². The maximum Gasteiger partial charge on any atom is 0.312 e. The largest absolute Gasteiger partial charge is 0.352 e. The molecule has 0 aliphatic heterocycles. The highest BCUT2D eigenvalue weighted by Crippen LogP contribution is 2.07. The van der Waals surface area contributed by atoms with Crippen molar-refractivity contribution in [3.63, 3.8) is 0 Å². The van der Waals surface area contributed by atoms with E-state index >= 15 is 0 Å². The zero-order chi connectivity index (χ0) is 12.0. The predicted octanol–water partition coefficient (Wildman–Crippen LogP) is 0.133. The van der Waals surface area contributed by atoms with E-state index in [2.05, 4.69) is 15.6 Å². The number of carbonyl (C=O) groups is 2. The van der Waals surface area contributed by atoms with E-state index in [4.69, 9.17) is 17.3 Å². The van der Waals surface area contributed by atoms with Crippen LogP contribution in [0.25, 0.3) is 0 Å². The molecule has 4 N–H and O–H groups in total. The van der Waals surface area contributed by atoms with Crippen LogP contribution < -0.4 is 16.4 Å². The van der Waals surface area contributed by atoms with E-state index in [1.54, 1.807) is 6.07 Å². The number of rotatable bonds is 4. The molecule has 0 saturated heterocycles. The summed E-state index contributed by atoms with van der Waals surface area (Å²) >= 11 is 5.70. The monoisotopic (exact) mass is 242 g/mol. The number of pyridine rings is 1. The number of nitrogens with two attached hydrogens (primary N) is 1. The third-order valence-electron chi connectivity index (χ3n) is 1.66. The summed E-state index contributed by atoms with van der Waals surface area (Å²) in [5.74, 6) is -0.353. The molecule has 1 heterocycles. The fourth-order valence-electron chi connectivity index (χ4n) is 0.981. The number of primary amides is 1. The first-order valence-corrected chi connectivity index (χ1v) is 4.90. The van der Waals surface area contributed by atoms with Crippen molar-refractivity contribution in [1.29, 1.82) is 0 Å². The van der Waals surface area contributed by atoms with Crippen molar-refractivity contribution in [2.24, 2.45) is 5.73 Å². The van der Waals surface area contributed by atoms with Gasteiger partial charge in [-0.25, -0.2) is 4.79 Å². The predicted molar refractivity (Wildman–Crippen MR) is 59.2 cm³/mol. The Morgan fingerprint density at radius 2 is 2.06 bits per heavy atom. The number of urea groups is 1. The van der Waals surface area contributed by atoms with Gasteiger partial charge in [-0.15, -0.1) is 0 Å². The molecule has 86 valence electrons. The molecule has 0 aromatic carbocycles. The van der Waals surface area contributed by atoms with Gasteiger partial charge in [0.25, 0.3) is 5.91 Å². The molecule has 1 aromatic rings. The summed E-state index contributed by atoms with van der Waals surface area (Å²) in [5, 5.41) is 5.33. The molecule has 6 nitrogen and oxygen atoms in total. The standard InChI is InChI=1S/C9H11ClN4O2/c10-6-1-2-12-7(5-6)8(15)13-3-4-14-9(11)16/h1-2,5H,3-4H2,(H,13,15)(H3,11,14,16). The van der Waals surface area contributed by atoms with Crippen LogP contribution in [0.15, 0.2) is 18.3 Å². The van der Waals surface area contributed by atoms with Gasteiger partial charge in [0.2, 0.25) is 0 Å². The highest BCUT2D eigenvalue weighted by atomic mass is 35.5. The van der Waals surface area contributed by atoms with Gasteiger partial charge in [0.05, 0.1) is 0 Å². The minimum Gasteiger partial charge on any atom is -0.352 e. The molecule has 0 aliphatic carbocycles. The summed E-state index contributed by atoms with van der Waals surface area (Å²) < 4.78 is 0. The zero-order valence-electron chi connectivity index (χ0n) is 8.37. The molecule has 0 atom stereocenters. The first kappa shape index (κ1) is 12.3. The van der Waals surface area contributed by atoms with E-state index in [-0.39, 0.29) is 24.7 Å². The zero-order valence-corrected chi connectivity index (χ0v) is 9.12. The van der Waals surface area contributed by atoms with E-state index in [0.29, 0.717) is 5.02 Å². The van der Waals surface area contributed by atoms with Crippen molar-refractivity contribution in [2.45, 2.75) is 0 Å². The maximum atomic E-state index is 11.5. The Hall–Kier alpha value is -1.82. The van der Waals surface area contributed by atoms with E-state index in [9.17, 15) is 9.59 Å². The van der Waals surface area contributed by atoms with Crippen LogP contribution in [0.1, 0.15) is 10.5 Å². The van der Waals surface area contributed by atoms with Crippen molar-refractivity contribution >= 4 is 23.5 Å². The molecule has 0 radical (unpaired) electrons. The van der Waals surface area contributed by atoms with Gasteiger partial charge in [0.1, 0.15) is 5.69 Å². The minimum absolute atomic E-state index is 0.228. The average Bonchev–Trinajstić information content (AvgIpc) is 2.24. The summed E-state index contributed by atoms with van der Waals surface area (Å²) in [5.41, 5.74) is 5.08. The fourth-order valence-corrected chi connectivity index (χ4v) is 1.14. The van der Waals surface area contributed by atoms with Crippen molar-refractivity contribution in [3.8, 4) is 0 Å². The van der Waals surface area contributed by atoms with E-state index in [1.807, 2.05) is 0 Å². The van der Waals surface area contributed by atoms with Gasteiger partial charge in [-0.05, 0) is 12.1 Å². The van der Waals surface area contributed by atoms with Crippen molar-refractivity contribution in [2.75, 3.05) is 13.1 Å². The van der Waals surface area contributed by atoms with Gasteiger partial charge in [-0.2, -0.15) is 0 Å². The van der Waals surface area contributed by atoms with Gasteiger partial charge in [0.15, 0.2) is 0 Å². The van der Waals surface area contributed by atoms with Crippen molar-refractivity contribution in [3.05, 3.63) is 29.0 Å². The number of carbonyl (C=O) groups excluding carboxylic acids is 2. The van der Waals surface area contributed by atoms with Gasteiger partial charge in [0, 0.05) is 24.3 Å². The van der Waals surface area contributed by atoms with Crippen LogP contribution in [-0.4, -0.2) is 30.0 Å². The summed E-state index contributed by atoms with van der Waals surface area (Å²) in [6.07, 6.45) is 1.44.